The molecule has 0 saturated carbocycles. The van der Waals surface area contributed by atoms with Crippen LogP contribution in [0, 0.1) is 0 Å². The molecule has 160 valence electrons. The Balaban J connectivity index is 1.29. The highest BCUT2D eigenvalue weighted by Crippen LogP contribution is 2.26. The van der Waals surface area contributed by atoms with E-state index in [-0.39, 0.29) is 0 Å². The van der Waals surface area contributed by atoms with Crippen molar-refractivity contribution in [1.82, 2.24) is 19.9 Å². The van der Waals surface area contributed by atoms with Gasteiger partial charge in [0.1, 0.15) is 5.82 Å². The van der Waals surface area contributed by atoms with Gasteiger partial charge in [-0.3, -0.25) is 4.79 Å². The summed E-state index contributed by atoms with van der Waals surface area (Å²) in [6, 6.07) is 15.6. The number of anilines is 3. The van der Waals surface area contributed by atoms with Gasteiger partial charge in [0.15, 0.2) is 0 Å². The van der Waals surface area contributed by atoms with Crippen LogP contribution in [0.1, 0.15) is 15.9 Å². The number of rotatable bonds is 7. The summed E-state index contributed by atoms with van der Waals surface area (Å²) in [7, 11) is 1.99. The molecule has 1 amide bonds. The van der Waals surface area contributed by atoms with Gasteiger partial charge in [0, 0.05) is 65.2 Å². The number of primary amides is 1. The minimum atomic E-state index is -0.429. The number of hydrogen-bond donors (Lipinski definition) is 4. The normalized spacial score (nSPS) is 11.2. The van der Waals surface area contributed by atoms with E-state index in [1.54, 1.807) is 12.3 Å². The van der Waals surface area contributed by atoms with E-state index in [1.807, 2.05) is 42.5 Å². The molecule has 0 radical (unpaired) electrons. The number of carbonyl (C=O) groups excluding carboxylic acids is 1. The van der Waals surface area contributed by atoms with E-state index in [1.165, 1.54) is 0 Å². The summed E-state index contributed by atoms with van der Waals surface area (Å²) < 4.78 is 0. The average molecular weight is 425 g/mol. The molecule has 5 aromatic rings. The van der Waals surface area contributed by atoms with Crippen molar-refractivity contribution in [3.8, 4) is 0 Å². The number of nitrogens with two attached hydrogens (primary N) is 1. The predicted molar refractivity (Wildman–Crippen MR) is 127 cm³/mol. The molecule has 0 fully saturated rings. The van der Waals surface area contributed by atoms with Gasteiger partial charge >= 0.3 is 0 Å². The van der Waals surface area contributed by atoms with E-state index >= 15 is 0 Å². The molecule has 0 aliphatic rings. The highest BCUT2D eigenvalue weighted by Gasteiger charge is 2.10. The number of aromatic nitrogens is 4. The largest absolute Gasteiger partial charge is 0.366 e. The summed E-state index contributed by atoms with van der Waals surface area (Å²) in [4.78, 5) is 29.0. The fraction of sp³-hybridized carbons (Fsp3) is 0.125. The van der Waals surface area contributed by atoms with Crippen LogP contribution in [0.15, 0.2) is 67.1 Å². The number of carbonyl (C=O) groups is 1. The molecule has 5 rings (SSSR count). The van der Waals surface area contributed by atoms with Crippen LogP contribution in [-0.4, -0.2) is 39.4 Å². The average Bonchev–Trinajstić information content (AvgIpc) is 3.45. The van der Waals surface area contributed by atoms with Crippen molar-refractivity contribution in [2.45, 2.75) is 6.42 Å². The molecule has 0 saturated heterocycles. The van der Waals surface area contributed by atoms with E-state index < -0.39 is 5.91 Å². The zero-order chi connectivity index (χ0) is 22.1. The standard InChI is InChI=1S/C24H23N7O/c1-31(18-3-5-20-15(12-18)6-9-26-20)22-8-11-28-24(30-22)27-10-7-17-14-29-21-4-2-16(23(25)32)13-19(17)21/h2-6,8-9,11-14,26,29H,7,10H2,1H3,(H2,25,32)(H,27,28,30). The number of fused-ring (bicyclic) bond motifs is 2. The Kier molecular flexibility index (Phi) is 4.95. The van der Waals surface area contributed by atoms with Gasteiger partial charge in [0.2, 0.25) is 11.9 Å². The van der Waals surface area contributed by atoms with Crippen molar-refractivity contribution in [1.29, 1.82) is 0 Å². The summed E-state index contributed by atoms with van der Waals surface area (Å²) in [5, 5.41) is 5.45. The van der Waals surface area contributed by atoms with Crippen molar-refractivity contribution in [2.75, 3.05) is 23.8 Å². The summed E-state index contributed by atoms with van der Waals surface area (Å²) in [5.74, 6) is 0.937. The van der Waals surface area contributed by atoms with Gasteiger partial charge in [0.25, 0.3) is 0 Å². The molecule has 3 aromatic heterocycles. The predicted octanol–water partition coefficient (Wildman–Crippen LogP) is 3.96. The lowest BCUT2D eigenvalue weighted by atomic mass is 10.1. The smallest absolute Gasteiger partial charge is 0.248 e. The molecular formula is C24H23N7O. The molecule has 0 aliphatic heterocycles. The first kappa shape index (κ1) is 19.6. The van der Waals surface area contributed by atoms with E-state index in [0.717, 1.165) is 45.3 Å². The fourth-order valence-electron chi connectivity index (χ4n) is 3.85. The quantitative estimate of drug-likeness (QED) is 0.315. The molecule has 8 nitrogen and oxygen atoms in total. The summed E-state index contributed by atoms with van der Waals surface area (Å²) in [6.45, 7) is 0.649. The van der Waals surface area contributed by atoms with Crippen LogP contribution in [0.3, 0.4) is 0 Å². The monoisotopic (exact) mass is 425 g/mol. The SMILES string of the molecule is CN(c1ccc2[nH]ccc2c1)c1ccnc(NCCc2c[nH]c3ccc(C(N)=O)cc23)n1. The fourth-order valence-corrected chi connectivity index (χ4v) is 3.85. The van der Waals surface area contributed by atoms with E-state index in [9.17, 15) is 4.79 Å². The Bertz CT molecular complexity index is 1420. The number of nitrogens with zero attached hydrogens (tertiary/aromatic N) is 3. The molecule has 0 bridgehead atoms. The van der Waals surface area contributed by atoms with Crippen LogP contribution in [0.4, 0.5) is 17.5 Å². The van der Waals surface area contributed by atoms with Crippen molar-refractivity contribution >= 4 is 45.2 Å². The Labute approximate surface area is 184 Å². The van der Waals surface area contributed by atoms with Crippen LogP contribution in [0.25, 0.3) is 21.8 Å². The van der Waals surface area contributed by atoms with Gasteiger partial charge in [0.05, 0.1) is 0 Å². The van der Waals surface area contributed by atoms with Gasteiger partial charge in [-0.2, -0.15) is 4.98 Å². The van der Waals surface area contributed by atoms with Crippen molar-refractivity contribution in [3.63, 3.8) is 0 Å². The first-order valence-electron chi connectivity index (χ1n) is 10.4. The number of benzene rings is 2. The van der Waals surface area contributed by atoms with Crippen molar-refractivity contribution < 1.29 is 4.79 Å². The molecule has 32 heavy (non-hydrogen) atoms. The van der Waals surface area contributed by atoms with Crippen molar-refractivity contribution in [3.05, 3.63) is 78.2 Å². The lowest BCUT2D eigenvalue weighted by molar-refractivity contribution is 0.100. The van der Waals surface area contributed by atoms with Crippen LogP contribution in [0.2, 0.25) is 0 Å². The summed E-state index contributed by atoms with van der Waals surface area (Å²) in [5.41, 5.74) is 10.1. The molecule has 3 heterocycles. The Hall–Kier alpha value is -4.33. The second-order valence-corrected chi connectivity index (χ2v) is 7.66. The van der Waals surface area contributed by atoms with E-state index in [4.69, 9.17) is 5.73 Å². The third-order valence-electron chi connectivity index (χ3n) is 5.64. The van der Waals surface area contributed by atoms with Crippen molar-refractivity contribution in [2.24, 2.45) is 5.73 Å². The Morgan fingerprint density at radius 1 is 1.09 bits per heavy atom. The molecule has 0 unspecified atom stereocenters. The van der Waals surface area contributed by atoms with Gasteiger partial charge in [-0.25, -0.2) is 4.98 Å². The second-order valence-electron chi connectivity index (χ2n) is 7.66. The maximum Gasteiger partial charge on any atom is 0.248 e. The van der Waals surface area contributed by atoms with Gasteiger partial charge in [-0.15, -0.1) is 0 Å². The lowest BCUT2D eigenvalue weighted by Gasteiger charge is -2.19. The number of hydrogen-bond acceptors (Lipinski definition) is 5. The maximum atomic E-state index is 11.5. The highest BCUT2D eigenvalue weighted by atomic mass is 16.1. The Morgan fingerprint density at radius 2 is 1.97 bits per heavy atom. The number of aromatic amines is 2. The molecule has 0 aliphatic carbocycles. The zero-order valence-corrected chi connectivity index (χ0v) is 17.6. The molecule has 5 N–H and O–H groups in total. The third-order valence-corrected chi connectivity index (χ3v) is 5.64. The Morgan fingerprint density at radius 3 is 2.84 bits per heavy atom. The number of H-pyrrole nitrogens is 2. The number of nitrogens with one attached hydrogen (secondary N) is 3. The molecule has 8 heteroatoms. The van der Waals surface area contributed by atoms with Crippen LogP contribution in [-0.2, 0) is 6.42 Å². The van der Waals surface area contributed by atoms with E-state index in [2.05, 4.69) is 49.5 Å². The van der Waals surface area contributed by atoms with Crippen LogP contribution < -0.4 is 16.0 Å². The summed E-state index contributed by atoms with van der Waals surface area (Å²) >= 11 is 0. The zero-order valence-electron chi connectivity index (χ0n) is 17.6. The third kappa shape index (κ3) is 3.74. The summed E-state index contributed by atoms with van der Waals surface area (Å²) in [6.07, 6.45) is 6.39. The van der Waals surface area contributed by atoms with Gasteiger partial charge < -0.3 is 25.9 Å². The minimum Gasteiger partial charge on any atom is -0.366 e. The lowest BCUT2D eigenvalue weighted by Crippen LogP contribution is -2.14. The first-order chi connectivity index (χ1) is 15.6. The highest BCUT2D eigenvalue weighted by molar-refractivity contribution is 5.97. The molecule has 2 aromatic carbocycles. The molecule has 0 atom stereocenters. The first-order valence-corrected chi connectivity index (χ1v) is 10.4. The van der Waals surface area contributed by atoms with Crippen LogP contribution >= 0.6 is 0 Å². The molecule has 0 spiro atoms. The minimum absolute atomic E-state index is 0.429. The van der Waals surface area contributed by atoms with E-state index in [0.29, 0.717) is 18.1 Å². The van der Waals surface area contributed by atoms with Gasteiger partial charge in [-0.1, -0.05) is 0 Å². The maximum absolute atomic E-state index is 11.5. The second kappa shape index (κ2) is 8.07. The van der Waals surface area contributed by atoms with Gasteiger partial charge in [-0.05, 0) is 60.5 Å². The van der Waals surface area contributed by atoms with Crippen LogP contribution in [0.5, 0.6) is 0 Å². The molecular weight excluding hydrogens is 402 g/mol. The topological polar surface area (TPSA) is 116 Å². The number of amides is 1.